The lowest BCUT2D eigenvalue weighted by atomic mass is 10.0. The molecule has 2 aromatic rings. The molecule has 0 aliphatic heterocycles. The molecule has 4 nitrogen and oxygen atoms in total. The maximum Gasteiger partial charge on any atom is 0.573 e. The standard InChI is InChI=1S/C14H10F3NO3/c1-20-13-10(12(19)9-5-7-18-8-6-9)3-2-4-11(13)21-14(15,16)17/h2-8H,1H3. The van der Waals surface area contributed by atoms with Crippen molar-refractivity contribution in [3.8, 4) is 11.5 Å². The molecule has 0 radical (unpaired) electrons. The number of methoxy groups -OCH3 is 1. The molecule has 1 heterocycles. The Bertz CT molecular complexity index is 642. The molecule has 7 heteroatoms. The average Bonchev–Trinajstić information content (AvgIpc) is 2.45. The predicted octanol–water partition coefficient (Wildman–Crippen LogP) is 3.22. The summed E-state index contributed by atoms with van der Waals surface area (Å²) in [5.74, 6) is -1.32. The van der Waals surface area contributed by atoms with E-state index in [-0.39, 0.29) is 16.9 Å². The molecule has 21 heavy (non-hydrogen) atoms. The summed E-state index contributed by atoms with van der Waals surface area (Å²) in [4.78, 5) is 16.1. The number of ether oxygens (including phenoxy) is 2. The van der Waals surface area contributed by atoms with Gasteiger partial charge < -0.3 is 9.47 Å². The van der Waals surface area contributed by atoms with Gasteiger partial charge in [0.25, 0.3) is 0 Å². The van der Waals surface area contributed by atoms with E-state index in [1.165, 1.54) is 43.8 Å². The molecule has 0 amide bonds. The first-order valence-electron chi connectivity index (χ1n) is 5.80. The Morgan fingerprint density at radius 2 is 1.81 bits per heavy atom. The largest absolute Gasteiger partial charge is 0.573 e. The van der Waals surface area contributed by atoms with E-state index in [2.05, 4.69) is 9.72 Å². The molecule has 0 aliphatic rings. The minimum Gasteiger partial charge on any atom is -0.492 e. The highest BCUT2D eigenvalue weighted by molar-refractivity contribution is 6.11. The highest BCUT2D eigenvalue weighted by atomic mass is 19.4. The number of para-hydroxylation sites is 1. The number of ketones is 1. The number of alkyl halides is 3. The van der Waals surface area contributed by atoms with Crippen LogP contribution in [0.25, 0.3) is 0 Å². The quantitative estimate of drug-likeness (QED) is 0.813. The van der Waals surface area contributed by atoms with Crippen molar-refractivity contribution in [2.45, 2.75) is 6.36 Å². The molecule has 0 aliphatic carbocycles. The predicted molar refractivity (Wildman–Crippen MR) is 67.3 cm³/mol. The van der Waals surface area contributed by atoms with Crippen LogP contribution in [0.5, 0.6) is 11.5 Å². The summed E-state index contributed by atoms with van der Waals surface area (Å²) in [7, 11) is 1.17. The lowest BCUT2D eigenvalue weighted by Crippen LogP contribution is -2.18. The minimum atomic E-state index is -4.87. The van der Waals surface area contributed by atoms with Gasteiger partial charge in [0, 0.05) is 18.0 Å². The number of nitrogens with zero attached hydrogens (tertiary/aromatic N) is 1. The molecule has 0 saturated heterocycles. The van der Waals surface area contributed by atoms with Crippen LogP contribution in [0, 0.1) is 0 Å². The Morgan fingerprint density at radius 1 is 1.14 bits per heavy atom. The van der Waals surface area contributed by atoms with Crippen molar-refractivity contribution in [2.24, 2.45) is 0 Å². The van der Waals surface area contributed by atoms with Gasteiger partial charge in [-0.3, -0.25) is 9.78 Å². The fraction of sp³-hybridized carbons (Fsp3) is 0.143. The molecule has 0 bridgehead atoms. The van der Waals surface area contributed by atoms with Crippen molar-refractivity contribution in [2.75, 3.05) is 7.11 Å². The number of carbonyl (C=O) groups is 1. The van der Waals surface area contributed by atoms with Crippen molar-refractivity contribution in [1.82, 2.24) is 4.98 Å². The molecule has 110 valence electrons. The van der Waals surface area contributed by atoms with Crippen molar-refractivity contribution < 1.29 is 27.4 Å². The lowest BCUT2D eigenvalue weighted by molar-refractivity contribution is -0.275. The van der Waals surface area contributed by atoms with Gasteiger partial charge in [0.05, 0.1) is 12.7 Å². The Hall–Kier alpha value is -2.57. The van der Waals surface area contributed by atoms with Gasteiger partial charge in [-0.2, -0.15) is 0 Å². The summed E-state index contributed by atoms with van der Waals surface area (Å²) >= 11 is 0. The molecule has 0 spiro atoms. The zero-order chi connectivity index (χ0) is 15.5. The van der Waals surface area contributed by atoms with Gasteiger partial charge in [0.15, 0.2) is 17.3 Å². The van der Waals surface area contributed by atoms with Gasteiger partial charge in [-0.1, -0.05) is 6.07 Å². The van der Waals surface area contributed by atoms with E-state index >= 15 is 0 Å². The number of benzene rings is 1. The molecule has 1 aromatic heterocycles. The Kier molecular flexibility index (Phi) is 4.11. The summed E-state index contributed by atoms with van der Waals surface area (Å²) in [5.41, 5.74) is 0.262. The Morgan fingerprint density at radius 3 is 2.38 bits per heavy atom. The molecule has 0 unspecified atom stereocenters. The summed E-state index contributed by atoms with van der Waals surface area (Å²) < 4.78 is 45.8. The number of hydrogen-bond acceptors (Lipinski definition) is 4. The van der Waals surface area contributed by atoms with Crippen LogP contribution in [0.3, 0.4) is 0 Å². The van der Waals surface area contributed by atoms with Gasteiger partial charge in [0.2, 0.25) is 0 Å². The van der Waals surface area contributed by atoms with Gasteiger partial charge in [-0.15, -0.1) is 13.2 Å². The van der Waals surface area contributed by atoms with Crippen LogP contribution in [0.15, 0.2) is 42.7 Å². The third-order valence-corrected chi connectivity index (χ3v) is 2.60. The Balaban J connectivity index is 2.45. The van der Waals surface area contributed by atoms with Crippen molar-refractivity contribution in [1.29, 1.82) is 0 Å². The summed E-state index contributed by atoms with van der Waals surface area (Å²) in [5, 5.41) is 0. The number of halogens is 3. The van der Waals surface area contributed by atoms with Crippen molar-refractivity contribution in [3.63, 3.8) is 0 Å². The fourth-order valence-electron chi connectivity index (χ4n) is 1.77. The van der Waals surface area contributed by atoms with Crippen LogP contribution < -0.4 is 9.47 Å². The zero-order valence-corrected chi connectivity index (χ0v) is 10.8. The van der Waals surface area contributed by atoms with Crippen LogP contribution in [0.4, 0.5) is 13.2 Å². The van der Waals surface area contributed by atoms with Gasteiger partial charge in [-0.05, 0) is 24.3 Å². The first-order valence-corrected chi connectivity index (χ1v) is 5.80. The molecule has 2 rings (SSSR count). The van der Waals surface area contributed by atoms with E-state index in [0.717, 1.165) is 6.07 Å². The highest BCUT2D eigenvalue weighted by Gasteiger charge is 2.33. The third kappa shape index (κ3) is 3.50. The number of hydrogen-bond donors (Lipinski definition) is 0. The zero-order valence-electron chi connectivity index (χ0n) is 10.8. The van der Waals surface area contributed by atoms with E-state index in [4.69, 9.17) is 4.74 Å². The topological polar surface area (TPSA) is 48.4 Å². The second kappa shape index (κ2) is 5.82. The van der Waals surface area contributed by atoms with E-state index in [1.807, 2.05) is 0 Å². The second-order valence-corrected chi connectivity index (χ2v) is 3.95. The van der Waals surface area contributed by atoms with Crippen LogP contribution in [-0.2, 0) is 0 Å². The normalized spacial score (nSPS) is 11.0. The van der Waals surface area contributed by atoms with Crippen LogP contribution >= 0.6 is 0 Å². The number of pyridine rings is 1. The number of carbonyl (C=O) groups excluding carboxylic acids is 1. The number of rotatable bonds is 4. The molecule has 1 aromatic carbocycles. The second-order valence-electron chi connectivity index (χ2n) is 3.95. The van der Waals surface area contributed by atoms with E-state index < -0.39 is 17.9 Å². The number of aromatic nitrogens is 1. The van der Waals surface area contributed by atoms with Crippen LogP contribution in [-0.4, -0.2) is 24.2 Å². The first kappa shape index (κ1) is 14.8. The van der Waals surface area contributed by atoms with Gasteiger partial charge in [0.1, 0.15) is 0 Å². The SMILES string of the molecule is COc1c(OC(F)(F)F)cccc1C(=O)c1ccncc1. The van der Waals surface area contributed by atoms with Crippen molar-refractivity contribution >= 4 is 5.78 Å². The maximum absolute atomic E-state index is 12.3. The lowest BCUT2D eigenvalue weighted by Gasteiger charge is -2.15. The van der Waals surface area contributed by atoms with E-state index in [0.29, 0.717) is 0 Å². The van der Waals surface area contributed by atoms with E-state index in [9.17, 15) is 18.0 Å². The first-order chi connectivity index (χ1) is 9.92. The third-order valence-electron chi connectivity index (χ3n) is 2.60. The van der Waals surface area contributed by atoms with Crippen LogP contribution in [0.1, 0.15) is 15.9 Å². The van der Waals surface area contributed by atoms with E-state index in [1.54, 1.807) is 0 Å². The van der Waals surface area contributed by atoms with Gasteiger partial charge >= 0.3 is 6.36 Å². The monoisotopic (exact) mass is 297 g/mol. The minimum absolute atomic E-state index is 0.0227. The van der Waals surface area contributed by atoms with Crippen molar-refractivity contribution in [3.05, 3.63) is 53.9 Å². The summed E-state index contributed by atoms with van der Waals surface area (Å²) in [6, 6.07) is 6.65. The highest BCUT2D eigenvalue weighted by Crippen LogP contribution is 2.35. The van der Waals surface area contributed by atoms with Crippen LogP contribution in [0.2, 0.25) is 0 Å². The Labute approximate surface area is 118 Å². The van der Waals surface area contributed by atoms with Gasteiger partial charge in [-0.25, -0.2) is 0 Å². The maximum atomic E-state index is 12.3. The molecule has 0 saturated carbocycles. The average molecular weight is 297 g/mol. The summed E-state index contributed by atoms with van der Waals surface area (Å²) in [6.45, 7) is 0. The smallest absolute Gasteiger partial charge is 0.492 e. The molecule has 0 fully saturated rings. The molecule has 0 N–H and O–H groups in total. The summed E-state index contributed by atoms with van der Waals surface area (Å²) in [6.07, 6.45) is -2.04. The molecular formula is C14H10F3NO3. The molecule has 0 atom stereocenters. The fourth-order valence-corrected chi connectivity index (χ4v) is 1.77. The molecular weight excluding hydrogens is 287 g/mol.